The lowest BCUT2D eigenvalue weighted by atomic mass is 10.1. The molecule has 0 fully saturated rings. The van der Waals surface area contributed by atoms with Crippen LogP contribution in [0.1, 0.15) is 27.3 Å². The summed E-state index contributed by atoms with van der Waals surface area (Å²) in [6.45, 7) is 4.22. The predicted octanol–water partition coefficient (Wildman–Crippen LogP) is 4.24. The number of aromatic nitrogens is 2. The zero-order valence-electron chi connectivity index (χ0n) is 19.3. The smallest absolute Gasteiger partial charge is 0.264 e. The number of benzene rings is 3. The minimum absolute atomic E-state index is 0.219. The maximum Gasteiger partial charge on any atom is 0.264 e. The Labute approximate surface area is 199 Å². The molecule has 4 aromatic rings. The van der Waals surface area contributed by atoms with Crippen LogP contribution < -0.4 is 9.62 Å². The molecule has 0 unspecified atom stereocenters. The Morgan fingerprint density at radius 3 is 2.18 bits per heavy atom. The molecule has 0 aliphatic rings. The fourth-order valence-electron chi connectivity index (χ4n) is 3.54. The average Bonchev–Trinajstić information content (AvgIpc) is 3.28. The first-order valence-corrected chi connectivity index (χ1v) is 12.2. The number of nitrogens with one attached hydrogen (secondary N) is 1. The summed E-state index contributed by atoms with van der Waals surface area (Å²) in [7, 11) is -2.18. The number of sulfonamides is 1. The van der Waals surface area contributed by atoms with E-state index in [1.165, 1.54) is 11.4 Å². The third kappa shape index (κ3) is 4.87. The molecule has 0 saturated heterocycles. The lowest BCUT2D eigenvalue weighted by Gasteiger charge is -2.20. The standard InChI is InChI=1S/C26H26N4O3S/c1-19-4-14-25(15-5-19)34(32,33)29(3)23-12-8-22(9-13-23)26(31)28-18-21-6-10-24(11-7-21)30-17-16-27-20(30)2/h4-17H,18H2,1-3H3,(H,28,31). The Hall–Kier alpha value is -3.91. The van der Waals surface area contributed by atoms with Gasteiger partial charge in [0, 0.05) is 37.2 Å². The normalized spacial score (nSPS) is 11.3. The summed E-state index contributed by atoms with van der Waals surface area (Å²) < 4.78 is 29.0. The highest BCUT2D eigenvalue weighted by molar-refractivity contribution is 7.92. The van der Waals surface area contributed by atoms with E-state index in [1.807, 2.05) is 48.9 Å². The van der Waals surface area contributed by atoms with Gasteiger partial charge in [-0.1, -0.05) is 29.8 Å². The van der Waals surface area contributed by atoms with Crippen LogP contribution in [0.2, 0.25) is 0 Å². The fraction of sp³-hybridized carbons (Fsp3) is 0.154. The van der Waals surface area contributed by atoms with Crippen LogP contribution in [-0.2, 0) is 16.6 Å². The summed E-state index contributed by atoms with van der Waals surface area (Å²) in [5, 5.41) is 2.90. The number of carbonyl (C=O) groups is 1. The zero-order valence-corrected chi connectivity index (χ0v) is 20.1. The third-order valence-electron chi connectivity index (χ3n) is 5.67. The Balaban J connectivity index is 1.39. The minimum atomic E-state index is -3.68. The molecule has 0 radical (unpaired) electrons. The lowest BCUT2D eigenvalue weighted by molar-refractivity contribution is 0.0951. The summed E-state index contributed by atoms with van der Waals surface area (Å²) in [6, 6.07) is 21.1. The van der Waals surface area contributed by atoms with Gasteiger partial charge in [0.15, 0.2) is 0 Å². The second-order valence-electron chi connectivity index (χ2n) is 8.03. The maximum atomic E-state index is 12.9. The lowest BCUT2D eigenvalue weighted by Crippen LogP contribution is -2.27. The minimum Gasteiger partial charge on any atom is -0.348 e. The van der Waals surface area contributed by atoms with Crippen molar-refractivity contribution in [1.82, 2.24) is 14.9 Å². The molecule has 0 aliphatic carbocycles. The molecular weight excluding hydrogens is 448 g/mol. The highest BCUT2D eigenvalue weighted by Crippen LogP contribution is 2.23. The van der Waals surface area contributed by atoms with E-state index in [-0.39, 0.29) is 10.8 Å². The number of hydrogen-bond acceptors (Lipinski definition) is 4. The summed E-state index contributed by atoms with van der Waals surface area (Å²) in [5.74, 6) is 0.673. The van der Waals surface area contributed by atoms with Crippen molar-refractivity contribution >= 4 is 21.6 Å². The summed E-state index contributed by atoms with van der Waals surface area (Å²) >= 11 is 0. The van der Waals surface area contributed by atoms with Crippen LogP contribution in [0.5, 0.6) is 0 Å². The monoisotopic (exact) mass is 474 g/mol. The van der Waals surface area contributed by atoms with Crippen molar-refractivity contribution in [1.29, 1.82) is 0 Å². The molecule has 0 spiro atoms. The van der Waals surface area contributed by atoms with Gasteiger partial charge < -0.3 is 9.88 Å². The van der Waals surface area contributed by atoms with E-state index in [0.717, 1.165) is 22.6 Å². The summed E-state index contributed by atoms with van der Waals surface area (Å²) in [4.78, 5) is 17.0. The fourth-order valence-corrected chi connectivity index (χ4v) is 4.74. The number of amides is 1. The average molecular weight is 475 g/mol. The molecule has 0 saturated carbocycles. The van der Waals surface area contributed by atoms with E-state index in [9.17, 15) is 13.2 Å². The maximum absolute atomic E-state index is 12.9. The molecule has 1 heterocycles. The second-order valence-corrected chi connectivity index (χ2v) is 10.00. The van der Waals surface area contributed by atoms with Gasteiger partial charge in [-0.05, 0) is 67.9 Å². The third-order valence-corrected chi connectivity index (χ3v) is 7.47. The van der Waals surface area contributed by atoms with Crippen LogP contribution in [0.25, 0.3) is 5.69 Å². The van der Waals surface area contributed by atoms with Gasteiger partial charge in [0.25, 0.3) is 15.9 Å². The van der Waals surface area contributed by atoms with Gasteiger partial charge in [-0.2, -0.15) is 0 Å². The van der Waals surface area contributed by atoms with Crippen LogP contribution in [0.15, 0.2) is 90.1 Å². The van der Waals surface area contributed by atoms with Gasteiger partial charge >= 0.3 is 0 Å². The van der Waals surface area contributed by atoms with Crippen molar-refractivity contribution in [2.24, 2.45) is 0 Å². The van der Waals surface area contributed by atoms with E-state index in [4.69, 9.17) is 0 Å². The van der Waals surface area contributed by atoms with Crippen LogP contribution >= 0.6 is 0 Å². The molecule has 0 bridgehead atoms. The molecule has 3 aromatic carbocycles. The number of carbonyl (C=O) groups excluding carboxylic acids is 1. The Morgan fingerprint density at radius 2 is 1.59 bits per heavy atom. The van der Waals surface area contributed by atoms with Crippen LogP contribution in [-0.4, -0.2) is 30.9 Å². The number of anilines is 1. The first-order valence-electron chi connectivity index (χ1n) is 10.8. The Bertz CT molecular complexity index is 1390. The predicted molar refractivity (Wildman–Crippen MR) is 133 cm³/mol. The van der Waals surface area contributed by atoms with Gasteiger partial charge in [0.1, 0.15) is 5.82 Å². The van der Waals surface area contributed by atoms with Crippen molar-refractivity contribution in [3.05, 3.63) is 108 Å². The van der Waals surface area contributed by atoms with E-state index >= 15 is 0 Å². The quantitative estimate of drug-likeness (QED) is 0.434. The van der Waals surface area contributed by atoms with Crippen molar-refractivity contribution in [3.8, 4) is 5.69 Å². The Morgan fingerprint density at radius 1 is 0.941 bits per heavy atom. The Kier molecular flexibility index (Phi) is 6.51. The molecule has 0 aliphatic heterocycles. The molecule has 1 amide bonds. The second kappa shape index (κ2) is 9.52. The SMILES string of the molecule is Cc1ccc(S(=O)(=O)N(C)c2ccc(C(=O)NCc3ccc(-n4ccnc4C)cc3)cc2)cc1. The van der Waals surface area contributed by atoms with E-state index in [1.54, 1.807) is 54.7 Å². The number of aryl methyl sites for hydroxylation is 2. The summed E-state index contributed by atoms with van der Waals surface area (Å²) in [6.07, 6.45) is 3.66. The van der Waals surface area contributed by atoms with Crippen molar-refractivity contribution in [2.45, 2.75) is 25.3 Å². The molecule has 1 N–H and O–H groups in total. The van der Waals surface area contributed by atoms with Gasteiger partial charge in [-0.15, -0.1) is 0 Å². The molecule has 4 rings (SSSR count). The number of nitrogens with zero attached hydrogens (tertiary/aromatic N) is 3. The molecule has 8 heteroatoms. The molecule has 1 aromatic heterocycles. The van der Waals surface area contributed by atoms with Gasteiger partial charge in [-0.25, -0.2) is 13.4 Å². The van der Waals surface area contributed by atoms with Crippen molar-refractivity contribution < 1.29 is 13.2 Å². The highest BCUT2D eigenvalue weighted by atomic mass is 32.2. The first-order chi connectivity index (χ1) is 16.3. The van der Waals surface area contributed by atoms with E-state index < -0.39 is 10.0 Å². The number of imidazole rings is 1. The van der Waals surface area contributed by atoms with Gasteiger partial charge in [0.05, 0.1) is 10.6 Å². The van der Waals surface area contributed by atoms with E-state index in [0.29, 0.717) is 17.8 Å². The van der Waals surface area contributed by atoms with Crippen LogP contribution in [0, 0.1) is 13.8 Å². The molecule has 7 nitrogen and oxygen atoms in total. The topological polar surface area (TPSA) is 84.3 Å². The first kappa shape index (κ1) is 23.3. The van der Waals surface area contributed by atoms with Gasteiger partial charge in [0.2, 0.25) is 0 Å². The van der Waals surface area contributed by atoms with Crippen LogP contribution in [0.4, 0.5) is 5.69 Å². The zero-order chi connectivity index (χ0) is 24.3. The van der Waals surface area contributed by atoms with Gasteiger partial charge in [-0.3, -0.25) is 9.10 Å². The largest absolute Gasteiger partial charge is 0.348 e. The highest BCUT2D eigenvalue weighted by Gasteiger charge is 2.21. The number of rotatable bonds is 7. The number of hydrogen-bond donors (Lipinski definition) is 1. The summed E-state index contributed by atoms with van der Waals surface area (Å²) in [5.41, 5.74) is 3.89. The molecular formula is C26H26N4O3S. The molecule has 34 heavy (non-hydrogen) atoms. The van der Waals surface area contributed by atoms with Crippen molar-refractivity contribution in [3.63, 3.8) is 0 Å². The van der Waals surface area contributed by atoms with E-state index in [2.05, 4.69) is 10.3 Å². The molecule has 174 valence electrons. The van der Waals surface area contributed by atoms with Crippen LogP contribution in [0.3, 0.4) is 0 Å². The molecule has 0 atom stereocenters. The van der Waals surface area contributed by atoms with Crippen molar-refractivity contribution in [2.75, 3.05) is 11.4 Å².